The van der Waals surface area contributed by atoms with Gasteiger partial charge in [-0.1, -0.05) is 48.5 Å². The number of rotatable bonds is 4. The molecule has 2 aromatic heterocycles. The molecule has 2 heterocycles. The van der Waals surface area contributed by atoms with Crippen LogP contribution < -0.4 is 10.9 Å². The van der Waals surface area contributed by atoms with E-state index in [-0.39, 0.29) is 29.9 Å². The summed E-state index contributed by atoms with van der Waals surface area (Å²) in [5.74, 6) is 0.249. The summed E-state index contributed by atoms with van der Waals surface area (Å²) in [7, 11) is 0. The van der Waals surface area contributed by atoms with E-state index in [0.717, 1.165) is 11.1 Å². The summed E-state index contributed by atoms with van der Waals surface area (Å²) < 4.78 is 7.44. The molecule has 0 aliphatic heterocycles. The number of anilines is 1. The molecule has 1 aliphatic carbocycles. The Morgan fingerprint density at radius 2 is 1.77 bits per heavy atom. The highest BCUT2D eigenvalue weighted by Crippen LogP contribution is 2.44. The first-order valence-corrected chi connectivity index (χ1v) is 10.2. The molecule has 156 valence electrons. The highest BCUT2D eigenvalue weighted by Gasteiger charge is 2.29. The fraction of sp³-hybridized carbons (Fsp3) is 0.208. The van der Waals surface area contributed by atoms with Crippen molar-refractivity contribution < 1.29 is 9.53 Å². The number of benzene rings is 2. The fourth-order valence-corrected chi connectivity index (χ4v) is 4.27. The van der Waals surface area contributed by atoms with E-state index < -0.39 is 6.09 Å². The van der Waals surface area contributed by atoms with Crippen molar-refractivity contribution in [2.45, 2.75) is 25.8 Å². The van der Waals surface area contributed by atoms with Gasteiger partial charge in [-0.2, -0.15) is 0 Å². The third kappa shape index (κ3) is 3.28. The Morgan fingerprint density at radius 1 is 1.13 bits per heavy atom. The second-order valence-electron chi connectivity index (χ2n) is 7.94. The van der Waals surface area contributed by atoms with Crippen LogP contribution in [0.5, 0.6) is 0 Å². The number of carbonyl (C=O) groups is 1. The first kappa shape index (κ1) is 19.1. The molecule has 2 N–H and O–H groups in total. The first-order chi connectivity index (χ1) is 15.0. The summed E-state index contributed by atoms with van der Waals surface area (Å²) in [6, 6.07) is 18.2. The minimum Gasteiger partial charge on any atom is -0.448 e. The van der Waals surface area contributed by atoms with Crippen LogP contribution in [0.2, 0.25) is 0 Å². The third-order valence-electron chi connectivity index (χ3n) is 5.71. The molecule has 7 heteroatoms. The van der Waals surface area contributed by atoms with E-state index in [0.29, 0.717) is 11.0 Å². The van der Waals surface area contributed by atoms with Crippen LogP contribution in [0.1, 0.15) is 36.9 Å². The number of aromatic amines is 1. The van der Waals surface area contributed by atoms with E-state index in [1.807, 2.05) is 42.7 Å². The number of aromatic nitrogens is 3. The van der Waals surface area contributed by atoms with Crippen LogP contribution in [0.15, 0.2) is 65.7 Å². The zero-order valence-electron chi connectivity index (χ0n) is 17.3. The standard InChI is InChI=1S/C24H22N4O3/c1-14(2)28-13-25-22-20(28)11-21(26-23(22)29)27-24(30)31-12-19-17-9-5-3-7-15(17)16-8-4-6-10-18(16)19/h3-11,13-14,19H,12H2,1-2H3,(H2,26,27,29,30). The number of carbonyl (C=O) groups excluding carboxylic acids is 1. The molecular formula is C24H22N4O3. The summed E-state index contributed by atoms with van der Waals surface area (Å²) in [6.07, 6.45) is 1.01. The SMILES string of the molecule is CC(C)n1cnc2c(=O)[nH]c(NC(=O)OCC3c4ccccc4-c4ccccc43)cc21. The van der Waals surface area contributed by atoms with Gasteiger partial charge in [0.15, 0.2) is 5.52 Å². The molecule has 31 heavy (non-hydrogen) atoms. The van der Waals surface area contributed by atoms with E-state index in [1.54, 1.807) is 12.4 Å². The molecule has 0 spiro atoms. The van der Waals surface area contributed by atoms with E-state index in [4.69, 9.17) is 4.74 Å². The van der Waals surface area contributed by atoms with Gasteiger partial charge in [0.05, 0.1) is 11.8 Å². The molecule has 0 fully saturated rings. The molecule has 0 bridgehead atoms. The number of imidazole rings is 1. The second kappa shape index (κ2) is 7.43. The lowest BCUT2D eigenvalue weighted by molar-refractivity contribution is 0.158. The lowest BCUT2D eigenvalue weighted by Gasteiger charge is -2.14. The zero-order valence-corrected chi connectivity index (χ0v) is 17.3. The summed E-state index contributed by atoms with van der Waals surface area (Å²) >= 11 is 0. The van der Waals surface area contributed by atoms with Gasteiger partial charge in [-0.3, -0.25) is 10.1 Å². The monoisotopic (exact) mass is 414 g/mol. The van der Waals surface area contributed by atoms with Gasteiger partial charge in [-0.25, -0.2) is 9.78 Å². The number of H-pyrrole nitrogens is 1. The van der Waals surface area contributed by atoms with Gasteiger partial charge in [-0.15, -0.1) is 0 Å². The van der Waals surface area contributed by atoms with E-state index in [9.17, 15) is 9.59 Å². The van der Waals surface area contributed by atoms with Gasteiger partial charge in [-0.05, 0) is 36.1 Å². The molecule has 2 aromatic carbocycles. The van der Waals surface area contributed by atoms with Crippen LogP contribution >= 0.6 is 0 Å². The Labute approximate surface area is 178 Å². The average molecular weight is 414 g/mol. The predicted octanol–water partition coefficient (Wildman–Crippen LogP) is 4.67. The molecule has 5 rings (SSSR count). The van der Waals surface area contributed by atoms with Gasteiger partial charge in [0.25, 0.3) is 5.56 Å². The number of hydrogen-bond donors (Lipinski definition) is 2. The molecule has 0 radical (unpaired) electrons. The Hall–Kier alpha value is -3.87. The van der Waals surface area contributed by atoms with Crippen molar-refractivity contribution in [3.05, 3.63) is 82.4 Å². The number of ether oxygens (including phenoxy) is 1. The second-order valence-corrected chi connectivity index (χ2v) is 7.94. The first-order valence-electron chi connectivity index (χ1n) is 10.2. The average Bonchev–Trinajstić information content (AvgIpc) is 3.32. The Kier molecular flexibility index (Phi) is 4.58. The van der Waals surface area contributed by atoms with Crippen LogP contribution in [-0.2, 0) is 4.74 Å². The number of amides is 1. The highest BCUT2D eigenvalue weighted by molar-refractivity contribution is 5.87. The lowest BCUT2D eigenvalue weighted by atomic mass is 9.98. The van der Waals surface area contributed by atoms with Crippen molar-refractivity contribution >= 4 is 22.9 Å². The van der Waals surface area contributed by atoms with Crippen LogP contribution in [0, 0.1) is 0 Å². The summed E-state index contributed by atoms with van der Waals surface area (Å²) in [5.41, 5.74) is 5.28. The van der Waals surface area contributed by atoms with E-state index in [1.165, 1.54) is 11.1 Å². The molecule has 4 aromatic rings. The van der Waals surface area contributed by atoms with Gasteiger partial charge in [0, 0.05) is 18.0 Å². The fourth-order valence-electron chi connectivity index (χ4n) is 4.27. The van der Waals surface area contributed by atoms with Gasteiger partial charge < -0.3 is 14.3 Å². The predicted molar refractivity (Wildman–Crippen MR) is 119 cm³/mol. The number of fused-ring (bicyclic) bond motifs is 4. The number of pyridine rings is 1. The largest absolute Gasteiger partial charge is 0.448 e. The molecule has 1 aliphatic rings. The minimum absolute atomic E-state index is 0.0259. The van der Waals surface area contributed by atoms with Crippen LogP contribution in [0.4, 0.5) is 10.6 Å². The maximum Gasteiger partial charge on any atom is 0.412 e. The van der Waals surface area contributed by atoms with Crippen molar-refractivity contribution in [1.29, 1.82) is 0 Å². The normalized spacial score (nSPS) is 12.7. The third-order valence-corrected chi connectivity index (χ3v) is 5.71. The van der Waals surface area contributed by atoms with E-state index >= 15 is 0 Å². The van der Waals surface area contributed by atoms with Crippen LogP contribution in [0.25, 0.3) is 22.2 Å². The van der Waals surface area contributed by atoms with Crippen molar-refractivity contribution in [2.24, 2.45) is 0 Å². The molecule has 0 atom stereocenters. The van der Waals surface area contributed by atoms with Crippen LogP contribution in [0.3, 0.4) is 0 Å². The number of hydrogen-bond acceptors (Lipinski definition) is 4. The zero-order chi connectivity index (χ0) is 21.5. The smallest absolute Gasteiger partial charge is 0.412 e. The minimum atomic E-state index is -0.618. The summed E-state index contributed by atoms with van der Waals surface area (Å²) in [5, 5.41) is 2.64. The topological polar surface area (TPSA) is 89.0 Å². The molecular weight excluding hydrogens is 392 g/mol. The van der Waals surface area contributed by atoms with Crippen molar-refractivity contribution in [2.75, 3.05) is 11.9 Å². The Bertz CT molecular complexity index is 1310. The molecule has 0 saturated carbocycles. The van der Waals surface area contributed by atoms with Gasteiger partial charge >= 0.3 is 6.09 Å². The number of nitrogens with zero attached hydrogens (tertiary/aromatic N) is 2. The summed E-state index contributed by atoms with van der Waals surface area (Å²) in [6.45, 7) is 4.21. The highest BCUT2D eigenvalue weighted by atomic mass is 16.5. The maximum absolute atomic E-state index is 12.5. The molecule has 7 nitrogen and oxygen atoms in total. The maximum atomic E-state index is 12.5. The van der Waals surface area contributed by atoms with Crippen molar-refractivity contribution in [3.8, 4) is 11.1 Å². The van der Waals surface area contributed by atoms with Crippen LogP contribution in [-0.4, -0.2) is 27.2 Å². The van der Waals surface area contributed by atoms with E-state index in [2.05, 4.69) is 39.6 Å². The van der Waals surface area contributed by atoms with Gasteiger partial charge in [0.2, 0.25) is 0 Å². The van der Waals surface area contributed by atoms with Gasteiger partial charge in [0.1, 0.15) is 12.4 Å². The molecule has 0 unspecified atom stereocenters. The summed E-state index contributed by atoms with van der Waals surface area (Å²) in [4.78, 5) is 31.7. The van der Waals surface area contributed by atoms with Crippen molar-refractivity contribution in [1.82, 2.24) is 14.5 Å². The Morgan fingerprint density at radius 3 is 2.42 bits per heavy atom. The quantitative estimate of drug-likeness (QED) is 0.508. The molecule has 1 amide bonds. The lowest BCUT2D eigenvalue weighted by Crippen LogP contribution is -2.20. The van der Waals surface area contributed by atoms with Crippen molar-refractivity contribution in [3.63, 3.8) is 0 Å². The molecule has 0 saturated heterocycles. The number of nitrogens with one attached hydrogen (secondary N) is 2. The Balaban J connectivity index is 1.35.